The maximum absolute atomic E-state index is 3.47. The molecule has 0 aliphatic carbocycles. The normalized spacial score (nSPS) is 19.7. The van der Waals surface area contributed by atoms with Gasteiger partial charge in [-0.2, -0.15) is 0 Å². The van der Waals surface area contributed by atoms with Gasteiger partial charge >= 0.3 is 0 Å². The van der Waals surface area contributed by atoms with Crippen molar-refractivity contribution < 1.29 is 0 Å². The molecule has 2 heteroatoms. The lowest BCUT2D eigenvalue weighted by molar-refractivity contribution is 0.150. The predicted molar refractivity (Wildman–Crippen MR) is 85.7 cm³/mol. The molecule has 0 bridgehead atoms. The van der Waals surface area contributed by atoms with Crippen LogP contribution in [0.3, 0.4) is 0 Å². The van der Waals surface area contributed by atoms with Gasteiger partial charge < -0.3 is 10.2 Å². The van der Waals surface area contributed by atoms with Crippen LogP contribution in [-0.4, -0.2) is 37.1 Å². The first kappa shape index (κ1) is 17.0. The number of hydrogen-bond donors (Lipinski definition) is 1. The minimum Gasteiger partial charge on any atom is -0.314 e. The molecule has 0 spiro atoms. The molecule has 0 radical (unpaired) electrons. The van der Waals surface area contributed by atoms with Gasteiger partial charge in [-0.1, -0.05) is 51.9 Å². The van der Waals surface area contributed by atoms with Crippen LogP contribution in [0.5, 0.6) is 0 Å². The summed E-state index contributed by atoms with van der Waals surface area (Å²) in [5.41, 5.74) is 0.399. The van der Waals surface area contributed by atoms with Crippen LogP contribution in [0, 0.1) is 0 Å². The lowest BCUT2D eigenvalue weighted by atomic mass is 9.90. The number of likely N-dealkylation sites (tertiary alicyclic amines) is 1. The molecule has 0 saturated carbocycles. The lowest BCUT2D eigenvalue weighted by Gasteiger charge is -2.39. The molecule has 1 N–H and O–H groups in total. The smallest absolute Gasteiger partial charge is 0.0174 e. The fraction of sp³-hybridized carbons (Fsp3) is 1.00. The molecule has 2 nitrogen and oxygen atoms in total. The summed E-state index contributed by atoms with van der Waals surface area (Å²) in [7, 11) is 2.11. The van der Waals surface area contributed by atoms with Crippen LogP contribution in [0.15, 0.2) is 0 Å². The molecule has 114 valence electrons. The Bertz CT molecular complexity index is 207. The molecule has 0 atom stereocenters. The first-order valence-corrected chi connectivity index (χ1v) is 8.61. The van der Waals surface area contributed by atoms with Crippen molar-refractivity contribution in [2.24, 2.45) is 0 Å². The Morgan fingerprint density at radius 1 is 0.895 bits per heavy atom. The highest BCUT2D eigenvalue weighted by molar-refractivity contribution is 4.87. The van der Waals surface area contributed by atoms with Crippen molar-refractivity contribution in [3.8, 4) is 0 Å². The molecule has 0 unspecified atom stereocenters. The molecule has 1 saturated heterocycles. The fourth-order valence-electron chi connectivity index (χ4n) is 2.99. The summed E-state index contributed by atoms with van der Waals surface area (Å²) in [6, 6.07) is 0. The molecule has 1 aliphatic rings. The molecule has 0 aromatic rings. The number of hydrogen-bond acceptors (Lipinski definition) is 2. The zero-order valence-corrected chi connectivity index (χ0v) is 13.6. The Kier molecular flexibility index (Phi) is 8.72. The van der Waals surface area contributed by atoms with E-state index in [0.29, 0.717) is 5.54 Å². The SMILES string of the molecule is CCCCCCCCCCN1CCC(C)(NC)CC1. The van der Waals surface area contributed by atoms with Crippen LogP contribution in [0.2, 0.25) is 0 Å². The molecule has 19 heavy (non-hydrogen) atoms. The fourth-order valence-corrected chi connectivity index (χ4v) is 2.99. The zero-order chi connectivity index (χ0) is 14.0. The van der Waals surface area contributed by atoms with Crippen LogP contribution in [0.25, 0.3) is 0 Å². The maximum Gasteiger partial charge on any atom is 0.0174 e. The topological polar surface area (TPSA) is 15.3 Å². The molecular weight excluding hydrogens is 232 g/mol. The van der Waals surface area contributed by atoms with Gasteiger partial charge in [-0.3, -0.25) is 0 Å². The summed E-state index contributed by atoms with van der Waals surface area (Å²) in [5.74, 6) is 0. The van der Waals surface area contributed by atoms with Crippen molar-refractivity contribution in [3.63, 3.8) is 0 Å². The van der Waals surface area contributed by atoms with Crippen molar-refractivity contribution in [1.82, 2.24) is 10.2 Å². The highest BCUT2D eigenvalue weighted by Crippen LogP contribution is 2.21. The van der Waals surface area contributed by atoms with Crippen LogP contribution < -0.4 is 5.32 Å². The summed E-state index contributed by atoms with van der Waals surface area (Å²) >= 11 is 0. The van der Waals surface area contributed by atoms with Crippen LogP contribution >= 0.6 is 0 Å². The summed E-state index contributed by atoms with van der Waals surface area (Å²) in [4.78, 5) is 2.66. The number of unbranched alkanes of at least 4 members (excludes halogenated alkanes) is 7. The first-order chi connectivity index (χ1) is 9.20. The van der Waals surface area contributed by atoms with Gasteiger partial charge in [-0.05, 0) is 52.9 Å². The van der Waals surface area contributed by atoms with Crippen molar-refractivity contribution in [1.29, 1.82) is 0 Å². The molecule has 1 aliphatic heterocycles. The van der Waals surface area contributed by atoms with E-state index in [1.54, 1.807) is 0 Å². The van der Waals surface area contributed by atoms with E-state index in [0.717, 1.165) is 0 Å². The van der Waals surface area contributed by atoms with Gasteiger partial charge in [0.25, 0.3) is 0 Å². The second-order valence-corrected chi connectivity index (χ2v) is 6.63. The monoisotopic (exact) mass is 268 g/mol. The van der Waals surface area contributed by atoms with E-state index in [-0.39, 0.29) is 0 Å². The van der Waals surface area contributed by atoms with E-state index in [1.807, 2.05) is 0 Å². The number of nitrogens with zero attached hydrogens (tertiary/aromatic N) is 1. The summed E-state index contributed by atoms with van der Waals surface area (Å²) in [6.45, 7) is 8.55. The second-order valence-electron chi connectivity index (χ2n) is 6.63. The number of nitrogens with one attached hydrogen (secondary N) is 1. The molecular formula is C17H36N2. The molecule has 1 heterocycles. The van der Waals surface area contributed by atoms with Gasteiger partial charge in [-0.15, -0.1) is 0 Å². The van der Waals surface area contributed by atoms with Crippen LogP contribution in [-0.2, 0) is 0 Å². The molecule has 0 aromatic heterocycles. The van der Waals surface area contributed by atoms with E-state index >= 15 is 0 Å². The Morgan fingerprint density at radius 2 is 1.42 bits per heavy atom. The average Bonchev–Trinajstić information content (AvgIpc) is 2.44. The molecule has 1 rings (SSSR count). The Labute approximate surface area is 121 Å². The van der Waals surface area contributed by atoms with Crippen molar-refractivity contribution in [2.45, 2.75) is 83.6 Å². The highest BCUT2D eigenvalue weighted by atomic mass is 15.1. The Balaban J connectivity index is 1.91. The van der Waals surface area contributed by atoms with E-state index in [2.05, 4.69) is 31.1 Å². The van der Waals surface area contributed by atoms with E-state index in [1.165, 1.54) is 83.8 Å². The summed E-state index contributed by atoms with van der Waals surface area (Å²) < 4.78 is 0. The quantitative estimate of drug-likeness (QED) is 0.597. The van der Waals surface area contributed by atoms with Crippen LogP contribution in [0.4, 0.5) is 0 Å². The maximum atomic E-state index is 3.47. The highest BCUT2D eigenvalue weighted by Gasteiger charge is 2.27. The number of piperidine rings is 1. The van der Waals surface area contributed by atoms with Crippen molar-refractivity contribution in [3.05, 3.63) is 0 Å². The molecule has 1 fully saturated rings. The zero-order valence-electron chi connectivity index (χ0n) is 13.6. The molecule has 0 amide bonds. The van der Waals surface area contributed by atoms with Crippen molar-refractivity contribution >= 4 is 0 Å². The standard InChI is InChI=1S/C17H36N2/c1-4-5-6-7-8-9-10-11-14-19-15-12-17(2,18-3)13-16-19/h18H,4-16H2,1-3H3. The van der Waals surface area contributed by atoms with Gasteiger partial charge in [0.1, 0.15) is 0 Å². The minimum absolute atomic E-state index is 0.399. The Morgan fingerprint density at radius 3 is 1.95 bits per heavy atom. The second kappa shape index (κ2) is 9.77. The third-order valence-electron chi connectivity index (χ3n) is 4.89. The largest absolute Gasteiger partial charge is 0.314 e. The number of rotatable bonds is 10. The van der Waals surface area contributed by atoms with E-state index in [9.17, 15) is 0 Å². The minimum atomic E-state index is 0.399. The average molecular weight is 268 g/mol. The van der Waals surface area contributed by atoms with Gasteiger partial charge in [-0.25, -0.2) is 0 Å². The third kappa shape index (κ3) is 7.31. The van der Waals surface area contributed by atoms with Gasteiger partial charge in [0.15, 0.2) is 0 Å². The first-order valence-electron chi connectivity index (χ1n) is 8.61. The van der Waals surface area contributed by atoms with Gasteiger partial charge in [0.2, 0.25) is 0 Å². The lowest BCUT2D eigenvalue weighted by Crippen LogP contribution is -2.50. The van der Waals surface area contributed by atoms with E-state index in [4.69, 9.17) is 0 Å². The van der Waals surface area contributed by atoms with Crippen LogP contribution in [0.1, 0.15) is 78.1 Å². The summed E-state index contributed by atoms with van der Waals surface area (Å²) in [5, 5.41) is 3.47. The van der Waals surface area contributed by atoms with Crippen molar-refractivity contribution in [2.75, 3.05) is 26.7 Å². The predicted octanol–water partition coefficient (Wildman–Crippen LogP) is 4.20. The Hall–Kier alpha value is -0.0800. The summed E-state index contributed by atoms with van der Waals surface area (Å²) in [6.07, 6.45) is 14.1. The van der Waals surface area contributed by atoms with E-state index < -0.39 is 0 Å². The third-order valence-corrected chi connectivity index (χ3v) is 4.89. The van der Waals surface area contributed by atoms with Gasteiger partial charge in [0.05, 0.1) is 0 Å². The van der Waals surface area contributed by atoms with Gasteiger partial charge in [0, 0.05) is 5.54 Å². The molecule has 0 aromatic carbocycles.